The van der Waals surface area contributed by atoms with Crippen molar-refractivity contribution >= 4 is 42.5 Å². The van der Waals surface area contributed by atoms with E-state index in [2.05, 4.69) is 29.9 Å². The molecule has 2 saturated carbocycles. The molecule has 0 radical (unpaired) electrons. The predicted molar refractivity (Wildman–Crippen MR) is 130 cm³/mol. The van der Waals surface area contributed by atoms with Crippen molar-refractivity contribution in [1.82, 2.24) is 39.0 Å². The molecule has 0 atom stereocenters. The van der Waals surface area contributed by atoms with Crippen LogP contribution in [-0.4, -0.2) is 74.0 Å². The smallest absolute Gasteiger partial charge is 0.323 e. The highest BCUT2D eigenvalue weighted by Gasteiger charge is 2.46. The van der Waals surface area contributed by atoms with Crippen molar-refractivity contribution in [3.8, 4) is 11.8 Å². The van der Waals surface area contributed by atoms with E-state index in [0.717, 1.165) is 25.7 Å². The van der Waals surface area contributed by atoms with E-state index in [4.69, 9.17) is 30.0 Å². The molecule has 6 N–H and O–H groups in total. The molecule has 38 heavy (non-hydrogen) atoms. The third-order valence-corrected chi connectivity index (χ3v) is 7.25. The van der Waals surface area contributed by atoms with E-state index in [1.54, 1.807) is 9.13 Å². The summed E-state index contributed by atoms with van der Waals surface area (Å²) >= 11 is 0. The van der Waals surface area contributed by atoms with Gasteiger partial charge in [0.2, 0.25) is 23.7 Å². The Kier molecular flexibility index (Phi) is 6.03. The molecule has 4 aromatic rings. The highest BCUT2D eigenvalue weighted by Crippen LogP contribution is 2.44. The first kappa shape index (κ1) is 24.7. The number of anilines is 2. The highest BCUT2D eigenvalue weighted by atomic mass is 31.1. The molecule has 0 saturated heterocycles. The Hall–Kier alpha value is -3.63. The number of aromatic hydroxyl groups is 2. The monoisotopic (exact) mass is 548 g/mol. The van der Waals surface area contributed by atoms with Gasteiger partial charge in [0, 0.05) is 0 Å². The van der Waals surface area contributed by atoms with Crippen molar-refractivity contribution in [3.05, 3.63) is 12.7 Å². The van der Waals surface area contributed by atoms with Crippen LogP contribution in [0.15, 0.2) is 12.7 Å². The number of hydrogen-bond donors (Lipinski definition) is 4. The number of ether oxygens (including phenoxy) is 2. The van der Waals surface area contributed by atoms with Crippen LogP contribution in [0, 0.1) is 0 Å². The van der Waals surface area contributed by atoms with Crippen molar-refractivity contribution in [2.75, 3.05) is 25.1 Å². The lowest BCUT2D eigenvalue weighted by Crippen LogP contribution is -2.23. The molecule has 0 spiro atoms. The normalized spacial score (nSPS) is 17.5. The van der Waals surface area contributed by atoms with Gasteiger partial charge in [0.25, 0.3) is 0 Å². The van der Waals surface area contributed by atoms with Gasteiger partial charge >= 0.3 is 8.25 Å². The zero-order valence-corrected chi connectivity index (χ0v) is 21.0. The second-order valence-electron chi connectivity index (χ2n) is 9.33. The van der Waals surface area contributed by atoms with Gasteiger partial charge < -0.3 is 40.3 Å². The summed E-state index contributed by atoms with van der Waals surface area (Å²) in [6.45, 7) is 0.327. The number of hydrogen-bond acceptors (Lipinski definition) is 15. The van der Waals surface area contributed by atoms with Crippen molar-refractivity contribution in [1.29, 1.82) is 0 Å². The number of fused-ring (bicyclic) bond motifs is 2. The molecule has 0 aliphatic heterocycles. The molecule has 18 heteroatoms. The van der Waals surface area contributed by atoms with Gasteiger partial charge in [0.15, 0.2) is 35.9 Å². The Morgan fingerprint density at radius 3 is 1.61 bits per heavy atom. The Morgan fingerprint density at radius 2 is 1.21 bits per heavy atom. The van der Waals surface area contributed by atoms with Gasteiger partial charge in [-0.15, -0.1) is 0 Å². The maximum atomic E-state index is 12.2. The minimum atomic E-state index is -2.87. The fraction of sp³-hybridized carbons (Fsp3) is 0.500. The number of nitrogen functional groups attached to an aromatic ring is 2. The largest absolute Gasteiger partial charge is 0.492 e. The average molecular weight is 548 g/mol. The van der Waals surface area contributed by atoms with Crippen LogP contribution >= 0.6 is 8.25 Å². The zero-order chi connectivity index (χ0) is 26.5. The Bertz CT molecular complexity index is 1420. The second-order valence-corrected chi connectivity index (χ2v) is 10.4. The van der Waals surface area contributed by atoms with Crippen LogP contribution in [0.3, 0.4) is 0 Å². The summed E-state index contributed by atoms with van der Waals surface area (Å²) in [4.78, 5) is 23.9. The first-order valence-corrected chi connectivity index (χ1v) is 12.9. The van der Waals surface area contributed by atoms with Gasteiger partial charge in [0.1, 0.15) is 0 Å². The maximum absolute atomic E-state index is 12.2. The van der Waals surface area contributed by atoms with Crippen LogP contribution in [-0.2, 0) is 36.2 Å². The number of aromatic nitrogens is 8. The minimum absolute atomic E-state index is 0.0619. The number of imidazole rings is 2. The van der Waals surface area contributed by atoms with Crippen molar-refractivity contribution in [2.24, 2.45) is 0 Å². The molecule has 2 aliphatic carbocycles. The number of rotatable bonds is 12. The predicted octanol–water partition coefficient (Wildman–Crippen LogP) is 0.678. The Labute approximate surface area is 214 Å². The molecule has 6 rings (SSSR count). The summed E-state index contributed by atoms with van der Waals surface area (Å²) in [5.41, 5.74) is 11.5. The van der Waals surface area contributed by atoms with Crippen LogP contribution in [0.1, 0.15) is 25.7 Å². The third-order valence-electron chi connectivity index (χ3n) is 6.54. The third kappa shape index (κ3) is 4.93. The molecular formula is C20H25N10O7P. The maximum Gasteiger partial charge on any atom is 0.323 e. The molecular weight excluding hydrogens is 523 g/mol. The topological polar surface area (TPSA) is 234 Å². The van der Waals surface area contributed by atoms with Gasteiger partial charge in [-0.2, -0.15) is 19.9 Å². The van der Waals surface area contributed by atoms with E-state index in [9.17, 15) is 14.8 Å². The van der Waals surface area contributed by atoms with Crippen molar-refractivity contribution in [2.45, 2.75) is 50.0 Å². The van der Waals surface area contributed by atoms with Gasteiger partial charge in [-0.25, -0.2) is 9.97 Å². The average Bonchev–Trinajstić information content (AvgIpc) is 3.72. The van der Waals surface area contributed by atoms with Gasteiger partial charge in [-0.1, -0.05) is 0 Å². The summed E-state index contributed by atoms with van der Waals surface area (Å²) < 4.78 is 37.8. The first-order valence-electron chi connectivity index (χ1n) is 11.7. The van der Waals surface area contributed by atoms with E-state index in [-0.39, 0.29) is 48.3 Å². The van der Waals surface area contributed by atoms with Crippen LogP contribution in [0.4, 0.5) is 11.9 Å². The van der Waals surface area contributed by atoms with Crippen LogP contribution in [0.2, 0.25) is 0 Å². The zero-order valence-electron chi connectivity index (χ0n) is 20.0. The van der Waals surface area contributed by atoms with E-state index in [1.165, 1.54) is 12.7 Å². The summed E-state index contributed by atoms with van der Waals surface area (Å²) in [6.07, 6.45) is 6.08. The molecule has 4 aromatic heterocycles. The Morgan fingerprint density at radius 1 is 0.789 bits per heavy atom. The summed E-state index contributed by atoms with van der Waals surface area (Å²) in [5, 5.41) is 19.8. The van der Waals surface area contributed by atoms with Gasteiger partial charge in [-0.3, -0.25) is 13.6 Å². The molecule has 0 unspecified atom stereocenters. The van der Waals surface area contributed by atoms with Crippen molar-refractivity contribution in [3.63, 3.8) is 0 Å². The number of nitrogens with zero attached hydrogens (tertiary/aromatic N) is 8. The van der Waals surface area contributed by atoms with Gasteiger partial charge in [-0.05, 0) is 25.7 Å². The first-order chi connectivity index (χ1) is 18.2. The van der Waals surface area contributed by atoms with E-state index < -0.39 is 19.5 Å². The fourth-order valence-electron chi connectivity index (χ4n) is 4.17. The summed E-state index contributed by atoms with van der Waals surface area (Å²) in [5.74, 6) is -0.702. The van der Waals surface area contributed by atoms with Crippen molar-refractivity contribution < 1.29 is 33.3 Å². The Balaban J connectivity index is 0.964. The quantitative estimate of drug-likeness (QED) is 0.141. The lowest BCUT2D eigenvalue weighted by Gasteiger charge is -2.18. The van der Waals surface area contributed by atoms with Crippen LogP contribution in [0.25, 0.3) is 22.3 Å². The number of nitrogens with two attached hydrogens (primary N) is 2. The van der Waals surface area contributed by atoms with Crippen LogP contribution in [0.5, 0.6) is 11.8 Å². The van der Waals surface area contributed by atoms with Gasteiger partial charge in [0.05, 0.1) is 36.9 Å². The molecule has 2 fully saturated rings. The molecule has 17 nitrogen and oxygen atoms in total. The molecule has 0 aromatic carbocycles. The molecule has 0 bridgehead atoms. The van der Waals surface area contributed by atoms with E-state index >= 15 is 0 Å². The minimum Gasteiger partial charge on any atom is -0.492 e. The fourth-order valence-corrected chi connectivity index (χ4v) is 4.56. The SMILES string of the molecule is Nc1nc(O)c2ncn(CC3(OCO[PH](=O)OCOC4(Cn5cnc6c(O)nc(N)nc65)CC4)CC3)c2n1. The second kappa shape index (κ2) is 9.28. The van der Waals surface area contributed by atoms with Crippen LogP contribution < -0.4 is 11.5 Å². The molecule has 0 amide bonds. The molecule has 2 aliphatic rings. The molecule has 202 valence electrons. The van der Waals surface area contributed by atoms with E-state index in [0.29, 0.717) is 24.4 Å². The lowest BCUT2D eigenvalue weighted by atomic mass is 10.3. The highest BCUT2D eigenvalue weighted by molar-refractivity contribution is 7.33. The van der Waals surface area contributed by atoms with E-state index in [1.807, 2.05) is 0 Å². The summed E-state index contributed by atoms with van der Waals surface area (Å²) in [7, 11) is -2.87. The summed E-state index contributed by atoms with van der Waals surface area (Å²) in [6, 6.07) is 0. The molecule has 4 heterocycles. The lowest BCUT2D eigenvalue weighted by molar-refractivity contribution is -0.0808. The standard InChI is InChI=1S/C20H25N10O7P/c21-17-25-13-11(15(31)27-17)23-7-29(13)5-19(1-2-19)34-9-36-38(33)37-10-35-20(3-4-20)6-30-8-24-12-14(30)26-18(22)28-16(12)32/h7-8,38H,1-6,9-10H2,(H3,21,25,27,31)(H3,22,26,28,32).